The zero-order chi connectivity index (χ0) is 26.0. The summed E-state index contributed by atoms with van der Waals surface area (Å²) in [5, 5.41) is 2.99. The standard InChI is InChI=1S/C23H26BrCl2N5O4S/c1-14-21(24)30-11-3-6-18(22(30)29-14)35-13-15-16(25)7-8-19(20(15)26)36(33,34)31-12-2-5-17(31)23(32)28-10-4-9-27/h3,6-8,11,17H,2,4-5,9-10,12-13,27H2,1H3,(H,28,32)/t17-/m0/s1. The van der Waals surface area contributed by atoms with Gasteiger partial charge in [0, 0.05) is 29.9 Å². The van der Waals surface area contributed by atoms with Crippen LogP contribution in [0, 0.1) is 6.92 Å². The van der Waals surface area contributed by atoms with Gasteiger partial charge in [0.05, 0.1) is 10.7 Å². The fourth-order valence-electron chi connectivity index (χ4n) is 4.14. The second-order valence-electron chi connectivity index (χ2n) is 8.39. The molecule has 0 bridgehead atoms. The summed E-state index contributed by atoms with van der Waals surface area (Å²) in [6.07, 6.45) is 3.45. The maximum absolute atomic E-state index is 13.6. The number of imidazole rings is 1. The molecule has 1 atom stereocenters. The molecular weight excluding hydrogens is 593 g/mol. The quantitative estimate of drug-likeness (QED) is 0.351. The molecule has 194 valence electrons. The van der Waals surface area contributed by atoms with Crippen LogP contribution in [0.4, 0.5) is 0 Å². The van der Waals surface area contributed by atoms with Crippen molar-refractivity contribution in [3.8, 4) is 5.75 Å². The molecule has 1 fully saturated rings. The van der Waals surface area contributed by atoms with Crippen molar-refractivity contribution in [2.75, 3.05) is 19.6 Å². The van der Waals surface area contributed by atoms with E-state index < -0.39 is 16.1 Å². The number of sulfonamides is 1. The minimum Gasteiger partial charge on any atom is -0.485 e. The number of nitrogens with two attached hydrogens (primary N) is 1. The highest BCUT2D eigenvalue weighted by Crippen LogP contribution is 2.36. The fraction of sp³-hybridized carbons (Fsp3) is 0.391. The lowest BCUT2D eigenvalue weighted by molar-refractivity contribution is -0.124. The number of amides is 1. The van der Waals surface area contributed by atoms with Crippen molar-refractivity contribution < 1.29 is 17.9 Å². The molecule has 0 aliphatic carbocycles. The van der Waals surface area contributed by atoms with E-state index in [-0.39, 0.29) is 34.0 Å². The van der Waals surface area contributed by atoms with Crippen LogP contribution >= 0.6 is 39.1 Å². The molecule has 1 saturated heterocycles. The zero-order valence-corrected chi connectivity index (χ0v) is 23.4. The summed E-state index contributed by atoms with van der Waals surface area (Å²) in [5.41, 5.74) is 7.20. The maximum Gasteiger partial charge on any atom is 0.245 e. The van der Waals surface area contributed by atoms with E-state index >= 15 is 0 Å². The van der Waals surface area contributed by atoms with Crippen LogP contribution in [0.1, 0.15) is 30.5 Å². The lowest BCUT2D eigenvalue weighted by atomic mass is 10.2. The fourth-order valence-corrected chi connectivity index (χ4v) is 7.04. The highest BCUT2D eigenvalue weighted by Gasteiger charge is 2.40. The van der Waals surface area contributed by atoms with Gasteiger partial charge < -0.3 is 15.8 Å². The predicted octanol–water partition coefficient (Wildman–Crippen LogP) is 3.91. The summed E-state index contributed by atoms with van der Waals surface area (Å²) < 4.78 is 37.0. The number of hydrogen-bond acceptors (Lipinski definition) is 6. The summed E-state index contributed by atoms with van der Waals surface area (Å²) in [4.78, 5) is 17.1. The summed E-state index contributed by atoms with van der Waals surface area (Å²) in [6, 6.07) is 5.60. The number of rotatable bonds is 9. The van der Waals surface area contributed by atoms with E-state index in [0.29, 0.717) is 49.3 Å². The molecule has 9 nitrogen and oxygen atoms in total. The summed E-state index contributed by atoms with van der Waals surface area (Å²) in [5.74, 6) is 0.146. The van der Waals surface area contributed by atoms with Crippen LogP contribution in [0.15, 0.2) is 40.0 Å². The van der Waals surface area contributed by atoms with Crippen molar-refractivity contribution in [3.63, 3.8) is 0 Å². The number of ether oxygens (including phenoxy) is 1. The Hall–Kier alpha value is -1.89. The third kappa shape index (κ3) is 5.23. The van der Waals surface area contributed by atoms with Crippen molar-refractivity contribution in [3.05, 3.63) is 56.4 Å². The molecule has 1 aromatic carbocycles. The largest absolute Gasteiger partial charge is 0.485 e. The van der Waals surface area contributed by atoms with Crippen LogP contribution in [-0.4, -0.2) is 53.7 Å². The highest BCUT2D eigenvalue weighted by atomic mass is 79.9. The number of halogens is 3. The van der Waals surface area contributed by atoms with Gasteiger partial charge in [-0.15, -0.1) is 0 Å². The van der Waals surface area contributed by atoms with Crippen LogP contribution < -0.4 is 15.8 Å². The van der Waals surface area contributed by atoms with E-state index in [9.17, 15) is 13.2 Å². The van der Waals surface area contributed by atoms with Gasteiger partial charge in [-0.05, 0) is 72.9 Å². The molecule has 1 amide bonds. The van der Waals surface area contributed by atoms with Gasteiger partial charge >= 0.3 is 0 Å². The highest BCUT2D eigenvalue weighted by molar-refractivity contribution is 9.10. The number of hydrogen-bond donors (Lipinski definition) is 2. The number of carbonyl (C=O) groups excluding carboxylic acids is 1. The predicted molar refractivity (Wildman–Crippen MR) is 142 cm³/mol. The normalized spacial score (nSPS) is 16.5. The number of aryl methyl sites for hydroxylation is 1. The lowest BCUT2D eigenvalue weighted by Crippen LogP contribution is -2.46. The van der Waals surface area contributed by atoms with Gasteiger partial charge in [0.1, 0.15) is 22.1 Å². The van der Waals surface area contributed by atoms with Crippen LogP contribution in [0.5, 0.6) is 5.75 Å². The average molecular weight is 619 g/mol. The number of benzene rings is 1. The monoisotopic (exact) mass is 617 g/mol. The molecule has 3 aromatic rings. The van der Waals surface area contributed by atoms with Crippen molar-refractivity contribution >= 4 is 60.7 Å². The molecule has 4 rings (SSSR count). The third-order valence-corrected chi connectivity index (χ3v) is 9.82. The third-order valence-electron chi connectivity index (χ3n) is 6.01. The number of fused-ring (bicyclic) bond motifs is 1. The number of aromatic nitrogens is 2. The Morgan fingerprint density at radius 1 is 1.33 bits per heavy atom. The first-order valence-corrected chi connectivity index (χ1v) is 14.4. The summed E-state index contributed by atoms with van der Waals surface area (Å²) in [6.45, 7) is 2.84. The van der Waals surface area contributed by atoms with E-state index in [0.717, 1.165) is 10.3 Å². The molecule has 3 N–H and O–H groups in total. The van der Waals surface area contributed by atoms with Crippen molar-refractivity contribution in [2.24, 2.45) is 5.73 Å². The molecular formula is C23H26BrCl2N5O4S. The second kappa shape index (κ2) is 11.2. The second-order valence-corrected chi connectivity index (χ2v) is 11.8. The molecule has 36 heavy (non-hydrogen) atoms. The smallest absolute Gasteiger partial charge is 0.245 e. The number of nitrogens with one attached hydrogen (secondary N) is 1. The van der Waals surface area contributed by atoms with Crippen molar-refractivity contribution in [1.82, 2.24) is 19.0 Å². The minimum atomic E-state index is -4.07. The summed E-state index contributed by atoms with van der Waals surface area (Å²) in [7, 11) is -4.07. The van der Waals surface area contributed by atoms with Gasteiger partial charge in [-0.2, -0.15) is 4.31 Å². The molecule has 2 aromatic heterocycles. The molecule has 3 heterocycles. The van der Waals surface area contributed by atoms with Crippen LogP contribution in [0.2, 0.25) is 10.0 Å². The Morgan fingerprint density at radius 3 is 2.86 bits per heavy atom. The Balaban J connectivity index is 1.60. The Labute approximate surface area is 228 Å². The lowest BCUT2D eigenvalue weighted by Gasteiger charge is -2.24. The molecule has 0 unspecified atom stereocenters. The molecule has 0 spiro atoms. The number of pyridine rings is 1. The van der Waals surface area contributed by atoms with Crippen molar-refractivity contribution in [1.29, 1.82) is 0 Å². The van der Waals surface area contributed by atoms with Gasteiger partial charge in [0.25, 0.3) is 0 Å². The van der Waals surface area contributed by atoms with E-state index in [1.165, 1.54) is 16.4 Å². The molecule has 1 aliphatic heterocycles. The van der Waals surface area contributed by atoms with E-state index in [1.807, 2.05) is 23.6 Å². The number of carbonyl (C=O) groups is 1. The summed E-state index contributed by atoms with van der Waals surface area (Å²) >= 11 is 16.5. The van der Waals surface area contributed by atoms with Crippen LogP contribution in [-0.2, 0) is 21.4 Å². The topological polar surface area (TPSA) is 119 Å². The van der Waals surface area contributed by atoms with E-state index in [4.69, 9.17) is 33.7 Å². The van der Waals surface area contributed by atoms with Crippen LogP contribution in [0.3, 0.4) is 0 Å². The van der Waals surface area contributed by atoms with Gasteiger partial charge in [-0.3, -0.25) is 9.20 Å². The Morgan fingerprint density at radius 2 is 2.11 bits per heavy atom. The van der Waals surface area contributed by atoms with Gasteiger partial charge in [-0.25, -0.2) is 13.4 Å². The SMILES string of the molecule is Cc1nc2c(OCc3c(Cl)ccc(S(=O)(=O)N4CCC[C@H]4C(=O)NCCCN)c3Cl)cccn2c1Br. The molecule has 13 heteroatoms. The first-order chi connectivity index (χ1) is 17.2. The Bertz CT molecular complexity index is 1400. The average Bonchev–Trinajstić information content (AvgIpc) is 3.45. The first kappa shape index (κ1) is 27.2. The van der Waals surface area contributed by atoms with Gasteiger partial charge in [0.2, 0.25) is 15.9 Å². The van der Waals surface area contributed by atoms with E-state index in [2.05, 4.69) is 26.2 Å². The van der Waals surface area contributed by atoms with Crippen LogP contribution in [0.25, 0.3) is 5.65 Å². The zero-order valence-electron chi connectivity index (χ0n) is 19.5. The molecule has 1 aliphatic rings. The van der Waals surface area contributed by atoms with Gasteiger partial charge in [-0.1, -0.05) is 23.2 Å². The minimum absolute atomic E-state index is 0.0376. The maximum atomic E-state index is 13.6. The Kier molecular flexibility index (Phi) is 8.48. The molecule has 0 radical (unpaired) electrons. The van der Waals surface area contributed by atoms with E-state index in [1.54, 1.807) is 6.07 Å². The van der Waals surface area contributed by atoms with Gasteiger partial charge in [0.15, 0.2) is 11.4 Å². The molecule has 0 saturated carbocycles. The first-order valence-electron chi connectivity index (χ1n) is 11.4. The number of nitrogens with zero attached hydrogens (tertiary/aromatic N) is 3. The van der Waals surface area contributed by atoms with Crippen molar-refractivity contribution in [2.45, 2.75) is 43.7 Å².